The molecule has 1 amide bonds. The van der Waals surface area contributed by atoms with E-state index in [0.717, 1.165) is 35.3 Å². The zero-order chi connectivity index (χ0) is 24.9. The first-order valence-electron chi connectivity index (χ1n) is 11.9. The van der Waals surface area contributed by atoms with Crippen molar-refractivity contribution in [2.45, 2.75) is 51.0 Å². The number of ether oxygens (including phenoxy) is 1. The number of anilines is 1. The van der Waals surface area contributed by atoms with Gasteiger partial charge in [-0.05, 0) is 70.8 Å². The summed E-state index contributed by atoms with van der Waals surface area (Å²) in [6, 6.07) is 17.6. The summed E-state index contributed by atoms with van der Waals surface area (Å²) >= 11 is 6.70. The molecule has 2 atom stereocenters. The van der Waals surface area contributed by atoms with Crippen molar-refractivity contribution < 1.29 is 19.4 Å². The van der Waals surface area contributed by atoms with E-state index < -0.39 is 17.9 Å². The van der Waals surface area contributed by atoms with Gasteiger partial charge in [-0.2, -0.15) is 0 Å². The lowest BCUT2D eigenvalue weighted by atomic mass is 9.78. The van der Waals surface area contributed by atoms with Crippen molar-refractivity contribution in [1.82, 2.24) is 0 Å². The summed E-state index contributed by atoms with van der Waals surface area (Å²) in [7, 11) is 0. The van der Waals surface area contributed by atoms with Gasteiger partial charge >= 0.3 is 5.97 Å². The van der Waals surface area contributed by atoms with Gasteiger partial charge in [-0.25, -0.2) is 0 Å². The third-order valence-electron chi connectivity index (χ3n) is 6.92. The Morgan fingerprint density at radius 2 is 1.86 bits per heavy atom. The van der Waals surface area contributed by atoms with E-state index in [-0.39, 0.29) is 11.3 Å². The number of rotatable bonds is 3. The van der Waals surface area contributed by atoms with Crippen LogP contribution in [0.1, 0.15) is 71.8 Å². The molecule has 3 aromatic carbocycles. The van der Waals surface area contributed by atoms with Crippen LogP contribution in [-0.2, 0) is 16.6 Å². The van der Waals surface area contributed by atoms with Crippen LogP contribution >= 0.6 is 11.6 Å². The van der Waals surface area contributed by atoms with Crippen molar-refractivity contribution in [2.24, 2.45) is 0 Å². The molecule has 1 N–H and O–H groups in total. The molecule has 0 saturated heterocycles. The number of carbonyl (C=O) groups excluding carboxylic acids is 1. The van der Waals surface area contributed by atoms with Crippen LogP contribution in [-0.4, -0.2) is 23.6 Å². The van der Waals surface area contributed by atoms with Gasteiger partial charge in [0.25, 0.3) is 5.91 Å². The molecule has 0 unspecified atom stereocenters. The highest BCUT2D eigenvalue weighted by Gasteiger charge is 2.45. The summed E-state index contributed by atoms with van der Waals surface area (Å²) in [6.45, 7) is 6.90. The molecule has 0 aromatic heterocycles. The molecule has 0 fully saturated rings. The maximum Gasteiger partial charge on any atom is 0.313 e. The van der Waals surface area contributed by atoms with Gasteiger partial charge < -0.3 is 9.84 Å². The second-order valence-corrected chi connectivity index (χ2v) is 10.7. The van der Waals surface area contributed by atoms with Crippen LogP contribution in [0.15, 0.2) is 60.7 Å². The van der Waals surface area contributed by atoms with Crippen molar-refractivity contribution in [3.63, 3.8) is 0 Å². The molecule has 2 heterocycles. The summed E-state index contributed by atoms with van der Waals surface area (Å²) in [6.07, 6.45) is 1.75. The van der Waals surface area contributed by atoms with Crippen molar-refractivity contribution in [2.75, 3.05) is 11.5 Å². The van der Waals surface area contributed by atoms with Crippen LogP contribution in [0.25, 0.3) is 0 Å². The smallest absolute Gasteiger partial charge is 0.313 e. The molecule has 0 spiro atoms. The number of aliphatic carboxylic acids is 1. The summed E-state index contributed by atoms with van der Waals surface area (Å²) < 4.78 is 5.78. The third kappa shape index (κ3) is 4.08. The van der Waals surface area contributed by atoms with Crippen LogP contribution in [0, 0.1) is 0 Å². The molecular formula is C29H28ClNO4. The van der Waals surface area contributed by atoms with Crippen LogP contribution in [0.3, 0.4) is 0 Å². The summed E-state index contributed by atoms with van der Waals surface area (Å²) in [5.41, 5.74) is 4.09. The number of carbonyl (C=O) groups is 2. The highest BCUT2D eigenvalue weighted by atomic mass is 35.5. The van der Waals surface area contributed by atoms with E-state index in [0.29, 0.717) is 28.4 Å². The molecule has 180 valence electrons. The topological polar surface area (TPSA) is 66.8 Å². The summed E-state index contributed by atoms with van der Waals surface area (Å²) in [5.74, 6) is -1.34. The quantitative estimate of drug-likeness (QED) is 0.454. The normalized spacial score (nSPS) is 19.5. The third-order valence-corrected chi connectivity index (χ3v) is 7.23. The van der Waals surface area contributed by atoms with Gasteiger partial charge in [0.05, 0.1) is 12.6 Å². The Morgan fingerprint density at radius 1 is 1.09 bits per heavy atom. The van der Waals surface area contributed by atoms with Crippen molar-refractivity contribution in [3.05, 3.63) is 93.5 Å². The molecule has 0 saturated carbocycles. The van der Waals surface area contributed by atoms with E-state index in [4.69, 9.17) is 16.3 Å². The van der Waals surface area contributed by atoms with Crippen molar-refractivity contribution >= 4 is 29.2 Å². The summed E-state index contributed by atoms with van der Waals surface area (Å²) in [4.78, 5) is 28.3. The molecule has 0 radical (unpaired) electrons. The Balaban J connectivity index is 1.72. The van der Waals surface area contributed by atoms with Crippen molar-refractivity contribution in [3.8, 4) is 5.75 Å². The fourth-order valence-corrected chi connectivity index (χ4v) is 5.71. The fraction of sp³-hybridized carbons (Fsp3) is 0.310. The molecule has 0 bridgehead atoms. The molecule has 2 aliphatic rings. The average molecular weight is 490 g/mol. The number of aryl methyl sites for hydroxylation is 1. The molecule has 35 heavy (non-hydrogen) atoms. The SMILES string of the molecule is CC(C)(C)c1ccc(N2C(=O)c3ccccc3[C@H](C(=O)O)[C@H]2c2ccc3c(c2)CCCO3)cc1Cl. The minimum atomic E-state index is -0.980. The number of hydrogen-bond donors (Lipinski definition) is 1. The molecule has 3 aromatic rings. The lowest BCUT2D eigenvalue weighted by Crippen LogP contribution is -2.45. The monoisotopic (exact) mass is 489 g/mol. The number of hydrogen-bond acceptors (Lipinski definition) is 3. The number of carboxylic acid groups (broad SMARTS) is 1. The first kappa shape index (κ1) is 23.4. The summed E-state index contributed by atoms with van der Waals surface area (Å²) in [5, 5.41) is 11.0. The molecule has 5 nitrogen and oxygen atoms in total. The van der Waals surface area contributed by atoms with Gasteiger partial charge in [-0.1, -0.05) is 62.7 Å². The predicted molar refractivity (Wildman–Crippen MR) is 137 cm³/mol. The number of fused-ring (bicyclic) bond motifs is 2. The maximum atomic E-state index is 13.9. The van der Waals surface area contributed by atoms with Gasteiger partial charge in [0.2, 0.25) is 0 Å². The van der Waals surface area contributed by atoms with Gasteiger partial charge in [-0.3, -0.25) is 14.5 Å². The Bertz CT molecular complexity index is 1330. The number of nitrogens with zero attached hydrogens (tertiary/aromatic N) is 1. The Morgan fingerprint density at radius 3 is 2.57 bits per heavy atom. The van der Waals surface area contributed by atoms with Gasteiger partial charge in [0.1, 0.15) is 11.7 Å². The molecule has 5 rings (SSSR count). The second-order valence-electron chi connectivity index (χ2n) is 10.3. The number of benzene rings is 3. The Hall–Kier alpha value is -3.31. The van der Waals surface area contributed by atoms with Crippen LogP contribution < -0.4 is 9.64 Å². The van der Waals surface area contributed by atoms with E-state index in [1.165, 1.54) is 0 Å². The average Bonchev–Trinajstić information content (AvgIpc) is 2.82. The van der Waals surface area contributed by atoms with Crippen LogP contribution in [0.5, 0.6) is 5.75 Å². The minimum Gasteiger partial charge on any atom is -0.493 e. The highest BCUT2D eigenvalue weighted by molar-refractivity contribution is 6.32. The van der Waals surface area contributed by atoms with Gasteiger partial charge in [0.15, 0.2) is 0 Å². The van der Waals surface area contributed by atoms with E-state index in [1.54, 1.807) is 35.2 Å². The second kappa shape index (κ2) is 8.72. The fourth-order valence-electron chi connectivity index (χ4n) is 5.25. The van der Waals surface area contributed by atoms with Gasteiger partial charge in [-0.15, -0.1) is 0 Å². The van der Waals surface area contributed by atoms with E-state index in [1.807, 2.05) is 30.3 Å². The van der Waals surface area contributed by atoms with Crippen molar-refractivity contribution in [1.29, 1.82) is 0 Å². The van der Waals surface area contributed by atoms with Gasteiger partial charge in [0, 0.05) is 16.3 Å². The van der Waals surface area contributed by atoms with E-state index in [2.05, 4.69) is 20.8 Å². The lowest BCUT2D eigenvalue weighted by Gasteiger charge is -2.41. The highest BCUT2D eigenvalue weighted by Crippen LogP contribution is 2.47. The van der Waals surface area contributed by atoms with E-state index in [9.17, 15) is 14.7 Å². The maximum absolute atomic E-state index is 13.9. The number of halogens is 1. The zero-order valence-corrected chi connectivity index (χ0v) is 20.8. The molecule has 6 heteroatoms. The predicted octanol–water partition coefficient (Wildman–Crippen LogP) is 6.53. The van der Waals surface area contributed by atoms with E-state index >= 15 is 0 Å². The molecule has 2 aliphatic heterocycles. The largest absolute Gasteiger partial charge is 0.493 e. The Kier molecular flexibility index (Phi) is 5.84. The zero-order valence-electron chi connectivity index (χ0n) is 20.0. The number of amides is 1. The molecule has 0 aliphatic carbocycles. The number of carboxylic acids is 1. The standard InChI is InChI=1S/C29H28ClNO4/c1-29(2,3)22-12-11-19(16-23(22)30)31-26(18-10-13-24-17(15-18)7-6-14-35-24)25(28(33)34)20-8-4-5-9-21(20)27(31)32/h4-5,8-13,15-16,25-26H,6-7,14H2,1-3H3,(H,33,34)/t25-,26+/m0/s1. The Labute approximate surface area is 210 Å². The van der Waals surface area contributed by atoms with Crippen LogP contribution in [0.4, 0.5) is 5.69 Å². The molecular weight excluding hydrogens is 462 g/mol. The first-order valence-corrected chi connectivity index (χ1v) is 12.3. The minimum absolute atomic E-state index is 0.171. The lowest BCUT2D eigenvalue weighted by molar-refractivity contribution is -0.139. The van der Waals surface area contributed by atoms with Crippen LogP contribution in [0.2, 0.25) is 5.02 Å². The first-order chi connectivity index (χ1) is 16.7.